The standard InChI is InChI=1S/C25H27N3O3/c1-3-18-10-7-8-15-22(18)28-23(29)17-26-24(19-11-5-4-6-12-19)25(30)27-20-13-9-14-21(16-20)31-2/h4-16,24,26H,3,17H2,1-2H3,(H,27,30)(H,28,29)/p+1/t24-/m0/s1. The maximum Gasteiger partial charge on any atom is 0.287 e. The summed E-state index contributed by atoms with van der Waals surface area (Å²) in [4.78, 5) is 25.7. The second-order valence-corrected chi connectivity index (χ2v) is 7.11. The topological polar surface area (TPSA) is 84.0 Å². The molecule has 0 bridgehead atoms. The van der Waals surface area contributed by atoms with E-state index in [1.807, 2.05) is 73.7 Å². The molecule has 0 radical (unpaired) electrons. The van der Waals surface area contributed by atoms with E-state index < -0.39 is 6.04 Å². The number of hydrogen-bond acceptors (Lipinski definition) is 3. The van der Waals surface area contributed by atoms with E-state index in [2.05, 4.69) is 10.6 Å². The largest absolute Gasteiger partial charge is 0.497 e. The molecule has 31 heavy (non-hydrogen) atoms. The fourth-order valence-corrected chi connectivity index (χ4v) is 3.35. The number of anilines is 2. The lowest BCUT2D eigenvalue weighted by molar-refractivity contribution is -0.671. The molecule has 160 valence electrons. The SMILES string of the molecule is CCc1ccccc1NC(=O)C[NH2+][C@H](C(=O)Nc1cccc(OC)c1)c1ccccc1. The predicted molar refractivity (Wildman–Crippen MR) is 122 cm³/mol. The van der Waals surface area contributed by atoms with Gasteiger partial charge in [-0.2, -0.15) is 0 Å². The average Bonchev–Trinajstić information content (AvgIpc) is 2.80. The molecule has 0 aliphatic rings. The Hall–Kier alpha value is -3.64. The number of nitrogens with one attached hydrogen (secondary N) is 2. The van der Waals surface area contributed by atoms with E-state index >= 15 is 0 Å². The van der Waals surface area contributed by atoms with E-state index in [1.54, 1.807) is 24.6 Å². The van der Waals surface area contributed by atoms with E-state index in [-0.39, 0.29) is 18.4 Å². The Balaban J connectivity index is 1.70. The average molecular weight is 419 g/mol. The van der Waals surface area contributed by atoms with Crippen LogP contribution in [0.3, 0.4) is 0 Å². The van der Waals surface area contributed by atoms with Crippen LogP contribution in [-0.4, -0.2) is 25.5 Å². The molecule has 2 amide bonds. The van der Waals surface area contributed by atoms with Gasteiger partial charge in [0.2, 0.25) is 0 Å². The number of quaternary nitrogens is 1. The van der Waals surface area contributed by atoms with Crippen LogP contribution in [0.2, 0.25) is 0 Å². The summed E-state index contributed by atoms with van der Waals surface area (Å²) in [6.07, 6.45) is 0.829. The zero-order valence-electron chi connectivity index (χ0n) is 17.8. The van der Waals surface area contributed by atoms with Crippen LogP contribution in [0.1, 0.15) is 24.1 Å². The minimum Gasteiger partial charge on any atom is -0.497 e. The second kappa shape index (κ2) is 10.9. The van der Waals surface area contributed by atoms with Crippen molar-refractivity contribution in [3.63, 3.8) is 0 Å². The summed E-state index contributed by atoms with van der Waals surface area (Å²) in [6, 6.07) is 23.8. The van der Waals surface area contributed by atoms with Crippen molar-refractivity contribution in [2.24, 2.45) is 0 Å². The van der Waals surface area contributed by atoms with E-state index in [0.29, 0.717) is 11.4 Å². The normalized spacial score (nSPS) is 11.4. The number of rotatable bonds is 9. The predicted octanol–water partition coefficient (Wildman–Crippen LogP) is 3.14. The highest BCUT2D eigenvalue weighted by Gasteiger charge is 2.25. The summed E-state index contributed by atoms with van der Waals surface area (Å²) in [6.45, 7) is 2.16. The number of amides is 2. The van der Waals surface area contributed by atoms with Gasteiger partial charge in [-0.15, -0.1) is 0 Å². The van der Waals surface area contributed by atoms with Gasteiger partial charge in [-0.3, -0.25) is 9.59 Å². The molecule has 4 N–H and O–H groups in total. The fourth-order valence-electron chi connectivity index (χ4n) is 3.35. The summed E-state index contributed by atoms with van der Waals surface area (Å²) >= 11 is 0. The van der Waals surface area contributed by atoms with Crippen LogP contribution >= 0.6 is 0 Å². The molecule has 1 atom stereocenters. The van der Waals surface area contributed by atoms with E-state index in [1.165, 1.54) is 0 Å². The molecule has 6 nitrogen and oxygen atoms in total. The van der Waals surface area contributed by atoms with E-state index in [0.717, 1.165) is 23.2 Å². The Kier molecular flexibility index (Phi) is 7.79. The second-order valence-electron chi connectivity index (χ2n) is 7.11. The van der Waals surface area contributed by atoms with Crippen molar-refractivity contribution < 1.29 is 19.6 Å². The van der Waals surface area contributed by atoms with Crippen LogP contribution < -0.4 is 20.7 Å². The van der Waals surface area contributed by atoms with Crippen LogP contribution in [-0.2, 0) is 16.0 Å². The van der Waals surface area contributed by atoms with Gasteiger partial charge in [0.05, 0.1) is 7.11 Å². The summed E-state index contributed by atoms with van der Waals surface area (Å²) in [7, 11) is 1.58. The van der Waals surface area contributed by atoms with Gasteiger partial charge in [0.1, 0.15) is 5.75 Å². The lowest BCUT2D eigenvalue weighted by atomic mass is 10.1. The molecule has 3 rings (SSSR count). The molecule has 3 aromatic rings. The van der Waals surface area contributed by atoms with E-state index in [4.69, 9.17) is 4.74 Å². The summed E-state index contributed by atoms with van der Waals surface area (Å²) in [5.41, 5.74) is 3.34. The molecule has 0 saturated carbocycles. The van der Waals surface area contributed by atoms with Crippen molar-refractivity contribution in [1.82, 2.24) is 0 Å². The molecule has 3 aromatic carbocycles. The molecule has 6 heteroatoms. The number of nitrogens with two attached hydrogens (primary N) is 1. The molecule has 0 unspecified atom stereocenters. The Morgan fingerprint density at radius 3 is 2.42 bits per heavy atom. The van der Waals surface area contributed by atoms with Crippen molar-refractivity contribution in [3.8, 4) is 5.75 Å². The molecule has 0 heterocycles. The minimum absolute atomic E-state index is 0.114. The Morgan fingerprint density at radius 1 is 0.935 bits per heavy atom. The van der Waals surface area contributed by atoms with Gasteiger partial charge < -0.3 is 20.7 Å². The molecule has 0 fully saturated rings. The number of aryl methyl sites for hydroxylation is 1. The van der Waals surface area contributed by atoms with Crippen LogP contribution in [0, 0.1) is 0 Å². The molecule has 0 aliphatic heterocycles. The smallest absolute Gasteiger partial charge is 0.287 e. The molecular weight excluding hydrogens is 390 g/mol. The first-order valence-corrected chi connectivity index (χ1v) is 10.3. The summed E-state index contributed by atoms with van der Waals surface area (Å²) in [5, 5.41) is 7.62. The van der Waals surface area contributed by atoms with Crippen LogP contribution in [0.15, 0.2) is 78.9 Å². The first-order valence-electron chi connectivity index (χ1n) is 10.3. The molecule has 0 aliphatic carbocycles. The lowest BCUT2D eigenvalue weighted by Crippen LogP contribution is -2.89. The van der Waals surface area contributed by atoms with Crippen LogP contribution in [0.25, 0.3) is 0 Å². The molecule has 0 spiro atoms. The fraction of sp³-hybridized carbons (Fsp3) is 0.200. The zero-order valence-corrected chi connectivity index (χ0v) is 17.8. The first kappa shape index (κ1) is 22.1. The van der Waals surface area contributed by atoms with Gasteiger partial charge in [0, 0.05) is 23.0 Å². The number of carbonyl (C=O) groups excluding carboxylic acids is 2. The highest BCUT2D eigenvalue weighted by molar-refractivity contribution is 5.95. The quantitative estimate of drug-likeness (QED) is 0.499. The third kappa shape index (κ3) is 6.17. The Morgan fingerprint density at radius 2 is 1.68 bits per heavy atom. The molecular formula is C25H28N3O3+. The van der Waals surface area contributed by atoms with Crippen molar-refractivity contribution in [2.45, 2.75) is 19.4 Å². The van der Waals surface area contributed by atoms with E-state index in [9.17, 15) is 9.59 Å². The van der Waals surface area contributed by atoms with Gasteiger partial charge in [-0.05, 0) is 30.2 Å². The minimum atomic E-state index is -0.570. The molecule has 0 aromatic heterocycles. The maximum atomic E-state index is 13.1. The third-order valence-corrected chi connectivity index (χ3v) is 4.99. The van der Waals surface area contributed by atoms with Crippen LogP contribution in [0.4, 0.5) is 11.4 Å². The van der Waals surface area contributed by atoms with Crippen molar-refractivity contribution in [3.05, 3.63) is 90.0 Å². The third-order valence-electron chi connectivity index (χ3n) is 4.99. The van der Waals surface area contributed by atoms with Crippen molar-refractivity contribution in [1.29, 1.82) is 0 Å². The summed E-state index contributed by atoms with van der Waals surface area (Å²) in [5.74, 6) is 0.296. The van der Waals surface area contributed by atoms with Gasteiger partial charge in [0.15, 0.2) is 12.6 Å². The van der Waals surface area contributed by atoms with Gasteiger partial charge >= 0.3 is 0 Å². The van der Waals surface area contributed by atoms with Crippen LogP contribution in [0.5, 0.6) is 5.75 Å². The van der Waals surface area contributed by atoms with Crippen molar-refractivity contribution in [2.75, 3.05) is 24.3 Å². The van der Waals surface area contributed by atoms with Crippen molar-refractivity contribution >= 4 is 23.2 Å². The lowest BCUT2D eigenvalue weighted by Gasteiger charge is -2.16. The first-order chi connectivity index (χ1) is 15.1. The van der Waals surface area contributed by atoms with Gasteiger partial charge in [-0.1, -0.05) is 61.5 Å². The highest BCUT2D eigenvalue weighted by Crippen LogP contribution is 2.19. The summed E-state index contributed by atoms with van der Waals surface area (Å²) < 4.78 is 5.22. The molecule has 0 saturated heterocycles. The monoisotopic (exact) mass is 418 g/mol. The number of hydrogen-bond donors (Lipinski definition) is 3. The van der Waals surface area contributed by atoms with Gasteiger partial charge in [-0.25, -0.2) is 0 Å². The zero-order chi connectivity index (χ0) is 22.1. The number of benzene rings is 3. The highest BCUT2D eigenvalue weighted by atomic mass is 16.5. The number of para-hydroxylation sites is 1. The number of methoxy groups -OCH3 is 1. The Bertz CT molecular complexity index is 1020. The maximum absolute atomic E-state index is 13.1. The number of ether oxygens (including phenoxy) is 1. The Labute approximate surface area is 182 Å². The van der Waals surface area contributed by atoms with Gasteiger partial charge in [0.25, 0.3) is 11.8 Å². The number of carbonyl (C=O) groups is 2.